The SMILES string of the molecule is O=C(CCN1C(=O)c2ccccc2C1=O)NCC/C=C/c1ccccc1. The normalized spacial score (nSPS) is 13.3. The van der Waals surface area contributed by atoms with Crippen LogP contribution in [0.4, 0.5) is 0 Å². The van der Waals surface area contributed by atoms with Gasteiger partial charge in [0.15, 0.2) is 0 Å². The van der Waals surface area contributed by atoms with E-state index >= 15 is 0 Å². The van der Waals surface area contributed by atoms with Crippen LogP contribution in [0, 0.1) is 0 Å². The minimum Gasteiger partial charge on any atom is -0.356 e. The number of nitrogens with one attached hydrogen (secondary N) is 1. The molecule has 1 aliphatic rings. The van der Waals surface area contributed by atoms with E-state index in [1.54, 1.807) is 24.3 Å². The number of fused-ring (bicyclic) bond motifs is 1. The number of rotatable bonds is 7. The molecule has 0 saturated carbocycles. The van der Waals surface area contributed by atoms with E-state index in [4.69, 9.17) is 0 Å². The minimum atomic E-state index is -0.329. The first-order valence-electron chi connectivity index (χ1n) is 8.60. The summed E-state index contributed by atoms with van der Waals surface area (Å²) in [6.07, 6.45) is 4.83. The summed E-state index contributed by atoms with van der Waals surface area (Å²) in [5, 5.41) is 2.80. The van der Waals surface area contributed by atoms with Crippen molar-refractivity contribution in [1.82, 2.24) is 10.2 Å². The second-order valence-electron chi connectivity index (χ2n) is 6.01. The number of carbonyl (C=O) groups excluding carboxylic acids is 3. The Kier molecular flexibility index (Phi) is 5.59. The first kappa shape index (κ1) is 17.6. The molecule has 132 valence electrons. The van der Waals surface area contributed by atoms with E-state index in [0.29, 0.717) is 24.1 Å². The van der Waals surface area contributed by atoms with Crippen LogP contribution < -0.4 is 5.32 Å². The van der Waals surface area contributed by atoms with Crippen molar-refractivity contribution in [2.24, 2.45) is 0 Å². The summed E-state index contributed by atoms with van der Waals surface area (Å²) in [6.45, 7) is 0.613. The summed E-state index contributed by atoms with van der Waals surface area (Å²) < 4.78 is 0. The van der Waals surface area contributed by atoms with Crippen LogP contribution >= 0.6 is 0 Å². The molecule has 0 radical (unpaired) electrons. The zero-order chi connectivity index (χ0) is 18.4. The molecule has 2 aromatic rings. The van der Waals surface area contributed by atoms with Crippen molar-refractivity contribution < 1.29 is 14.4 Å². The summed E-state index contributed by atoms with van der Waals surface area (Å²) in [7, 11) is 0. The van der Waals surface area contributed by atoms with E-state index in [1.165, 1.54) is 0 Å². The maximum absolute atomic E-state index is 12.2. The van der Waals surface area contributed by atoms with Crippen molar-refractivity contribution in [2.75, 3.05) is 13.1 Å². The van der Waals surface area contributed by atoms with Gasteiger partial charge in [0.1, 0.15) is 0 Å². The highest BCUT2D eigenvalue weighted by Gasteiger charge is 2.34. The van der Waals surface area contributed by atoms with Crippen molar-refractivity contribution in [1.29, 1.82) is 0 Å². The molecular weight excluding hydrogens is 328 g/mol. The Bertz CT molecular complexity index is 808. The molecule has 2 aromatic carbocycles. The molecule has 0 saturated heterocycles. The lowest BCUT2D eigenvalue weighted by Gasteiger charge is -2.13. The molecule has 1 aliphatic heterocycles. The van der Waals surface area contributed by atoms with Crippen LogP contribution in [-0.2, 0) is 4.79 Å². The Balaban J connectivity index is 1.40. The zero-order valence-electron chi connectivity index (χ0n) is 14.4. The number of amides is 3. The zero-order valence-corrected chi connectivity index (χ0v) is 14.4. The van der Waals surface area contributed by atoms with Crippen molar-refractivity contribution >= 4 is 23.8 Å². The lowest BCUT2D eigenvalue weighted by Crippen LogP contribution is -2.34. The standard InChI is InChI=1S/C21H20N2O3/c24-19(22-14-7-6-10-16-8-2-1-3-9-16)13-15-23-20(25)17-11-4-5-12-18(17)21(23)26/h1-6,8-12H,7,13-15H2,(H,22,24)/b10-6+. The number of hydrogen-bond donors (Lipinski definition) is 1. The van der Waals surface area contributed by atoms with E-state index in [0.717, 1.165) is 10.5 Å². The predicted molar refractivity (Wildman–Crippen MR) is 99.5 cm³/mol. The van der Waals surface area contributed by atoms with Gasteiger partial charge in [-0.15, -0.1) is 0 Å². The number of benzene rings is 2. The summed E-state index contributed by atoms with van der Waals surface area (Å²) in [5.74, 6) is -0.831. The summed E-state index contributed by atoms with van der Waals surface area (Å²) in [4.78, 5) is 37.5. The van der Waals surface area contributed by atoms with Gasteiger partial charge >= 0.3 is 0 Å². The summed E-state index contributed by atoms with van der Waals surface area (Å²) in [6, 6.07) is 16.7. The van der Waals surface area contributed by atoms with E-state index < -0.39 is 0 Å². The van der Waals surface area contributed by atoms with E-state index in [1.807, 2.05) is 42.5 Å². The van der Waals surface area contributed by atoms with Crippen LogP contribution in [0.2, 0.25) is 0 Å². The Hall–Kier alpha value is -3.21. The van der Waals surface area contributed by atoms with Gasteiger partial charge in [0.05, 0.1) is 11.1 Å². The largest absolute Gasteiger partial charge is 0.356 e. The van der Waals surface area contributed by atoms with Crippen LogP contribution in [0.5, 0.6) is 0 Å². The third kappa shape index (κ3) is 4.06. The fourth-order valence-electron chi connectivity index (χ4n) is 2.82. The second-order valence-corrected chi connectivity index (χ2v) is 6.01. The van der Waals surface area contributed by atoms with Crippen LogP contribution in [0.1, 0.15) is 39.1 Å². The third-order valence-corrected chi connectivity index (χ3v) is 4.18. The number of carbonyl (C=O) groups is 3. The molecule has 1 N–H and O–H groups in total. The molecule has 3 amide bonds. The second kappa shape index (κ2) is 8.25. The highest BCUT2D eigenvalue weighted by molar-refractivity contribution is 6.21. The minimum absolute atomic E-state index is 0.0953. The predicted octanol–water partition coefficient (Wildman–Crippen LogP) is 2.89. The first-order valence-corrected chi connectivity index (χ1v) is 8.60. The van der Waals surface area contributed by atoms with Crippen LogP contribution in [-0.4, -0.2) is 35.7 Å². The average molecular weight is 348 g/mol. The Morgan fingerprint density at radius 1 is 0.923 bits per heavy atom. The summed E-state index contributed by atoms with van der Waals surface area (Å²) in [5.41, 5.74) is 1.93. The highest BCUT2D eigenvalue weighted by Crippen LogP contribution is 2.22. The first-order chi connectivity index (χ1) is 12.7. The fraction of sp³-hybridized carbons (Fsp3) is 0.190. The molecule has 0 spiro atoms. The molecule has 1 heterocycles. The molecule has 0 atom stereocenters. The lowest BCUT2D eigenvalue weighted by molar-refractivity contribution is -0.121. The Morgan fingerprint density at radius 3 is 2.19 bits per heavy atom. The maximum Gasteiger partial charge on any atom is 0.261 e. The van der Waals surface area contributed by atoms with Crippen molar-refractivity contribution in [3.8, 4) is 0 Å². The number of imide groups is 1. The molecule has 26 heavy (non-hydrogen) atoms. The molecular formula is C21H20N2O3. The highest BCUT2D eigenvalue weighted by atomic mass is 16.2. The van der Waals surface area contributed by atoms with Gasteiger partial charge in [0.2, 0.25) is 5.91 Å². The van der Waals surface area contributed by atoms with E-state index in [2.05, 4.69) is 5.32 Å². The topological polar surface area (TPSA) is 66.5 Å². The van der Waals surface area contributed by atoms with Gasteiger partial charge in [-0.05, 0) is 24.1 Å². The van der Waals surface area contributed by atoms with Crippen molar-refractivity contribution in [3.05, 3.63) is 77.4 Å². The van der Waals surface area contributed by atoms with Gasteiger partial charge < -0.3 is 5.32 Å². The van der Waals surface area contributed by atoms with E-state index in [-0.39, 0.29) is 30.7 Å². The number of nitrogens with zero attached hydrogens (tertiary/aromatic N) is 1. The summed E-state index contributed by atoms with van der Waals surface area (Å²) >= 11 is 0. The van der Waals surface area contributed by atoms with Crippen LogP contribution in [0.3, 0.4) is 0 Å². The molecule has 0 bridgehead atoms. The van der Waals surface area contributed by atoms with Crippen molar-refractivity contribution in [2.45, 2.75) is 12.8 Å². The van der Waals surface area contributed by atoms with Gasteiger partial charge in [0, 0.05) is 19.5 Å². The third-order valence-electron chi connectivity index (χ3n) is 4.18. The van der Waals surface area contributed by atoms with Gasteiger partial charge in [-0.3, -0.25) is 19.3 Å². The van der Waals surface area contributed by atoms with Gasteiger partial charge in [-0.1, -0.05) is 54.6 Å². The maximum atomic E-state index is 12.2. The van der Waals surface area contributed by atoms with Gasteiger partial charge in [-0.25, -0.2) is 0 Å². The van der Waals surface area contributed by atoms with Crippen LogP contribution in [0.25, 0.3) is 6.08 Å². The molecule has 0 unspecified atom stereocenters. The van der Waals surface area contributed by atoms with Gasteiger partial charge in [0.25, 0.3) is 11.8 Å². The average Bonchev–Trinajstić information content (AvgIpc) is 2.91. The monoisotopic (exact) mass is 348 g/mol. The van der Waals surface area contributed by atoms with Crippen molar-refractivity contribution in [3.63, 3.8) is 0 Å². The van der Waals surface area contributed by atoms with Gasteiger partial charge in [-0.2, -0.15) is 0 Å². The molecule has 5 nitrogen and oxygen atoms in total. The quantitative estimate of drug-likeness (QED) is 0.618. The fourth-order valence-corrected chi connectivity index (χ4v) is 2.82. The van der Waals surface area contributed by atoms with E-state index in [9.17, 15) is 14.4 Å². The Morgan fingerprint density at radius 2 is 1.54 bits per heavy atom. The Labute approximate surface area is 152 Å². The molecule has 0 aliphatic carbocycles. The molecule has 5 heteroatoms. The lowest BCUT2D eigenvalue weighted by atomic mass is 10.1. The van der Waals surface area contributed by atoms with Crippen LogP contribution in [0.15, 0.2) is 60.7 Å². The molecule has 0 fully saturated rings. The smallest absolute Gasteiger partial charge is 0.261 e. The number of hydrogen-bond acceptors (Lipinski definition) is 3. The molecule has 3 rings (SSSR count). The molecule has 0 aromatic heterocycles.